The van der Waals surface area contributed by atoms with E-state index in [1.165, 1.54) is 6.92 Å². The Labute approximate surface area is 178 Å². The van der Waals surface area contributed by atoms with Crippen LogP contribution in [0.25, 0.3) is 0 Å². The molecule has 1 aliphatic rings. The lowest BCUT2D eigenvalue weighted by Crippen LogP contribution is -2.51. The molecule has 0 bridgehead atoms. The van der Waals surface area contributed by atoms with Gasteiger partial charge in [-0.2, -0.15) is 0 Å². The van der Waals surface area contributed by atoms with Crippen molar-refractivity contribution in [2.75, 3.05) is 39.4 Å². The molecule has 0 spiro atoms. The SMILES string of the molecule is CC(=O)N(Cc1ccccc1)C(Cc1ccccc1)C(=O)NCCN1CCOCC1. The van der Waals surface area contributed by atoms with Gasteiger partial charge in [0.1, 0.15) is 6.04 Å². The van der Waals surface area contributed by atoms with Gasteiger partial charge in [0, 0.05) is 46.1 Å². The van der Waals surface area contributed by atoms with Gasteiger partial charge in [-0.15, -0.1) is 0 Å². The highest BCUT2D eigenvalue weighted by Gasteiger charge is 2.28. The summed E-state index contributed by atoms with van der Waals surface area (Å²) in [5, 5.41) is 3.06. The maximum absolute atomic E-state index is 13.2. The molecule has 1 N–H and O–H groups in total. The molecule has 30 heavy (non-hydrogen) atoms. The molecule has 1 heterocycles. The van der Waals surface area contributed by atoms with E-state index in [1.54, 1.807) is 4.90 Å². The molecule has 0 aliphatic carbocycles. The third kappa shape index (κ3) is 6.68. The van der Waals surface area contributed by atoms with Gasteiger partial charge >= 0.3 is 0 Å². The summed E-state index contributed by atoms with van der Waals surface area (Å²) in [7, 11) is 0. The van der Waals surface area contributed by atoms with E-state index in [-0.39, 0.29) is 11.8 Å². The number of ether oxygens (including phenoxy) is 1. The summed E-state index contributed by atoms with van der Waals surface area (Å²) in [6.45, 7) is 6.52. The average Bonchev–Trinajstić information content (AvgIpc) is 2.78. The van der Waals surface area contributed by atoms with Crippen LogP contribution in [0.5, 0.6) is 0 Å². The number of nitrogens with zero attached hydrogens (tertiary/aromatic N) is 2. The zero-order valence-corrected chi connectivity index (χ0v) is 17.6. The summed E-state index contributed by atoms with van der Waals surface area (Å²) >= 11 is 0. The molecule has 6 nitrogen and oxygen atoms in total. The maximum atomic E-state index is 13.2. The van der Waals surface area contributed by atoms with Gasteiger partial charge < -0.3 is 15.0 Å². The monoisotopic (exact) mass is 409 g/mol. The third-order valence-corrected chi connectivity index (χ3v) is 5.38. The second-order valence-electron chi connectivity index (χ2n) is 7.58. The summed E-state index contributed by atoms with van der Waals surface area (Å²) < 4.78 is 5.37. The van der Waals surface area contributed by atoms with Crippen molar-refractivity contribution in [1.82, 2.24) is 15.1 Å². The number of carbonyl (C=O) groups excluding carboxylic acids is 2. The molecule has 1 unspecified atom stereocenters. The van der Waals surface area contributed by atoms with E-state index in [0.29, 0.717) is 19.5 Å². The Morgan fingerprint density at radius 3 is 2.20 bits per heavy atom. The van der Waals surface area contributed by atoms with Crippen LogP contribution in [0.1, 0.15) is 18.1 Å². The Morgan fingerprint density at radius 2 is 1.60 bits per heavy atom. The van der Waals surface area contributed by atoms with Crippen LogP contribution in [0.4, 0.5) is 0 Å². The third-order valence-electron chi connectivity index (χ3n) is 5.38. The van der Waals surface area contributed by atoms with E-state index < -0.39 is 6.04 Å². The molecule has 3 rings (SSSR count). The van der Waals surface area contributed by atoms with Crippen molar-refractivity contribution in [3.05, 3.63) is 71.8 Å². The quantitative estimate of drug-likeness (QED) is 0.689. The Morgan fingerprint density at radius 1 is 1.00 bits per heavy atom. The molecule has 6 heteroatoms. The second kappa shape index (κ2) is 11.5. The number of amides is 2. The number of hydrogen-bond acceptors (Lipinski definition) is 4. The van der Waals surface area contributed by atoms with Gasteiger partial charge in [0.15, 0.2) is 0 Å². The van der Waals surface area contributed by atoms with Crippen molar-refractivity contribution in [2.24, 2.45) is 0 Å². The minimum Gasteiger partial charge on any atom is -0.379 e. The van der Waals surface area contributed by atoms with Gasteiger partial charge in [0.2, 0.25) is 11.8 Å². The number of rotatable bonds is 9. The van der Waals surface area contributed by atoms with Crippen LogP contribution < -0.4 is 5.32 Å². The Kier molecular flexibility index (Phi) is 8.41. The highest BCUT2D eigenvalue weighted by atomic mass is 16.5. The lowest BCUT2D eigenvalue weighted by atomic mass is 10.0. The summed E-state index contributed by atoms with van der Waals surface area (Å²) in [5.41, 5.74) is 2.04. The smallest absolute Gasteiger partial charge is 0.243 e. The van der Waals surface area contributed by atoms with E-state index in [4.69, 9.17) is 4.74 Å². The van der Waals surface area contributed by atoms with Gasteiger partial charge in [0.05, 0.1) is 13.2 Å². The highest BCUT2D eigenvalue weighted by molar-refractivity contribution is 5.87. The molecule has 1 aliphatic heterocycles. The first-order valence-electron chi connectivity index (χ1n) is 10.6. The van der Waals surface area contributed by atoms with E-state index in [2.05, 4.69) is 10.2 Å². The average molecular weight is 410 g/mol. The van der Waals surface area contributed by atoms with Crippen LogP contribution >= 0.6 is 0 Å². The van der Waals surface area contributed by atoms with Gasteiger partial charge in [-0.1, -0.05) is 60.7 Å². The molecule has 2 amide bonds. The normalized spacial score (nSPS) is 15.4. The molecule has 160 valence electrons. The fourth-order valence-corrected chi connectivity index (χ4v) is 3.68. The molecule has 0 radical (unpaired) electrons. The van der Waals surface area contributed by atoms with Crippen LogP contribution in [-0.2, 0) is 27.3 Å². The highest BCUT2D eigenvalue weighted by Crippen LogP contribution is 2.14. The van der Waals surface area contributed by atoms with Crippen molar-refractivity contribution in [3.63, 3.8) is 0 Å². The predicted molar refractivity (Wildman–Crippen MR) is 117 cm³/mol. The summed E-state index contributed by atoms with van der Waals surface area (Å²) in [5.74, 6) is -0.221. The number of hydrogen-bond donors (Lipinski definition) is 1. The first-order chi connectivity index (χ1) is 14.6. The fraction of sp³-hybridized carbons (Fsp3) is 0.417. The molecule has 1 saturated heterocycles. The molecule has 1 fully saturated rings. The number of nitrogens with one attached hydrogen (secondary N) is 1. The molecular formula is C24H31N3O3. The Hall–Kier alpha value is -2.70. The van der Waals surface area contributed by atoms with Gasteiger partial charge in [0.25, 0.3) is 0 Å². The topological polar surface area (TPSA) is 61.9 Å². The maximum Gasteiger partial charge on any atom is 0.243 e. The second-order valence-corrected chi connectivity index (χ2v) is 7.58. The fourth-order valence-electron chi connectivity index (χ4n) is 3.68. The van der Waals surface area contributed by atoms with Gasteiger partial charge in [-0.25, -0.2) is 0 Å². The predicted octanol–water partition coefficient (Wildman–Crippen LogP) is 2.09. The number of morpholine rings is 1. The molecule has 0 aromatic heterocycles. The number of benzene rings is 2. The van der Waals surface area contributed by atoms with Gasteiger partial charge in [-0.3, -0.25) is 14.5 Å². The van der Waals surface area contributed by atoms with Crippen molar-refractivity contribution in [1.29, 1.82) is 0 Å². The molecule has 2 aromatic carbocycles. The van der Waals surface area contributed by atoms with Crippen LogP contribution in [0.15, 0.2) is 60.7 Å². The van der Waals surface area contributed by atoms with Crippen molar-refractivity contribution < 1.29 is 14.3 Å². The summed E-state index contributed by atoms with van der Waals surface area (Å²) in [6, 6.07) is 19.1. The first-order valence-corrected chi connectivity index (χ1v) is 10.6. The van der Waals surface area contributed by atoms with Crippen LogP contribution in [0.3, 0.4) is 0 Å². The summed E-state index contributed by atoms with van der Waals surface area (Å²) in [4.78, 5) is 29.7. The standard InChI is InChI=1S/C24H31N3O3/c1-20(28)27(19-22-10-6-3-7-11-22)23(18-21-8-4-2-5-9-21)24(29)25-12-13-26-14-16-30-17-15-26/h2-11,23H,12-19H2,1H3,(H,25,29). The Bertz CT molecular complexity index is 792. The lowest BCUT2D eigenvalue weighted by Gasteiger charge is -2.31. The van der Waals surface area contributed by atoms with Crippen molar-refractivity contribution in [3.8, 4) is 0 Å². The molecule has 1 atom stereocenters. The van der Waals surface area contributed by atoms with Gasteiger partial charge in [-0.05, 0) is 11.1 Å². The molecule has 0 saturated carbocycles. The van der Waals surface area contributed by atoms with E-state index >= 15 is 0 Å². The summed E-state index contributed by atoms with van der Waals surface area (Å²) in [6.07, 6.45) is 0.483. The van der Waals surface area contributed by atoms with E-state index in [1.807, 2.05) is 60.7 Å². The molecular weight excluding hydrogens is 378 g/mol. The zero-order valence-electron chi connectivity index (χ0n) is 17.6. The van der Waals surface area contributed by atoms with Crippen LogP contribution in [-0.4, -0.2) is 67.0 Å². The largest absolute Gasteiger partial charge is 0.379 e. The Balaban J connectivity index is 1.70. The first kappa shape index (κ1) is 22.0. The number of carbonyl (C=O) groups is 2. The van der Waals surface area contributed by atoms with Crippen LogP contribution in [0.2, 0.25) is 0 Å². The van der Waals surface area contributed by atoms with E-state index in [0.717, 1.165) is 44.0 Å². The minimum atomic E-state index is -0.560. The zero-order chi connectivity index (χ0) is 21.2. The van der Waals surface area contributed by atoms with Crippen LogP contribution in [0, 0.1) is 0 Å². The van der Waals surface area contributed by atoms with Crippen molar-refractivity contribution in [2.45, 2.75) is 25.9 Å². The van der Waals surface area contributed by atoms with Crippen molar-refractivity contribution >= 4 is 11.8 Å². The molecule has 2 aromatic rings. The minimum absolute atomic E-state index is 0.108. The van der Waals surface area contributed by atoms with E-state index in [9.17, 15) is 9.59 Å². The lowest BCUT2D eigenvalue weighted by molar-refractivity contribution is -0.139.